The van der Waals surface area contributed by atoms with Crippen LogP contribution in [-0.2, 0) is 19.6 Å². The van der Waals surface area contributed by atoms with E-state index in [2.05, 4.69) is 5.32 Å². The Labute approximate surface area is 210 Å². The number of anilines is 3. The van der Waals surface area contributed by atoms with Crippen molar-refractivity contribution < 1.29 is 18.0 Å². The first-order valence-corrected chi connectivity index (χ1v) is 13.0. The van der Waals surface area contributed by atoms with Crippen LogP contribution in [0.2, 0.25) is 5.02 Å². The third kappa shape index (κ3) is 5.33. The molecule has 9 heteroatoms. The fraction of sp³-hybridized carbons (Fsp3) is 0.231. The van der Waals surface area contributed by atoms with Crippen LogP contribution >= 0.6 is 11.6 Å². The smallest absolute Gasteiger partial charge is 0.264 e. The molecule has 0 spiro atoms. The maximum Gasteiger partial charge on any atom is 0.264 e. The Morgan fingerprint density at radius 1 is 1.03 bits per heavy atom. The number of aryl methyl sites for hydroxylation is 2. The lowest BCUT2D eigenvalue weighted by atomic mass is 10.1. The molecule has 1 N–H and O–H groups in total. The normalized spacial score (nSPS) is 13.7. The molecule has 0 aliphatic carbocycles. The Bertz CT molecular complexity index is 1380. The second-order valence-electron chi connectivity index (χ2n) is 8.45. The van der Waals surface area contributed by atoms with Crippen molar-refractivity contribution >= 4 is 50.5 Å². The monoisotopic (exact) mass is 511 g/mol. The van der Waals surface area contributed by atoms with Gasteiger partial charge in [-0.15, -0.1) is 0 Å². The Balaban J connectivity index is 1.64. The molecule has 0 bridgehead atoms. The van der Waals surface area contributed by atoms with Gasteiger partial charge in [-0.05, 0) is 73.9 Å². The number of carbonyl (C=O) groups is 2. The number of benzene rings is 3. The molecule has 35 heavy (non-hydrogen) atoms. The maximum atomic E-state index is 13.5. The number of sulfonamides is 1. The van der Waals surface area contributed by atoms with Crippen molar-refractivity contribution in [3.8, 4) is 0 Å². The van der Waals surface area contributed by atoms with Crippen LogP contribution in [0.5, 0.6) is 0 Å². The lowest BCUT2D eigenvalue weighted by Crippen LogP contribution is -2.38. The molecule has 1 fully saturated rings. The van der Waals surface area contributed by atoms with Crippen LogP contribution in [0.1, 0.15) is 24.0 Å². The van der Waals surface area contributed by atoms with Crippen molar-refractivity contribution in [1.82, 2.24) is 0 Å². The van der Waals surface area contributed by atoms with E-state index in [9.17, 15) is 18.0 Å². The largest absolute Gasteiger partial charge is 0.324 e. The molecule has 3 aromatic carbocycles. The number of rotatable bonds is 7. The van der Waals surface area contributed by atoms with Crippen molar-refractivity contribution in [3.63, 3.8) is 0 Å². The summed E-state index contributed by atoms with van der Waals surface area (Å²) in [5.41, 5.74) is 3.13. The molecule has 7 nitrogen and oxygen atoms in total. The summed E-state index contributed by atoms with van der Waals surface area (Å²) in [6, 6.07) is 18.1. The van der Waals surface area contributed by atoms with Gasteiger partial charge < -0.3 is 10.2 Å². The minimum absolute atomic E-state index is 0.0509. The highest BCUT2D eigenvalue weighted by Crippen LogP contribution is 2.30. The van der Waals surface area contributed by atoms with E-state index in [4.69, 9.17) is 11.6 Å². The van der Waals surface area contributed by atoms with E-state index in [-0.39, 0.29) is 10.8 Å². The van der Waals surface area contributed by atoms with E-state index in [0.29, 0.717) is 34.9 Å². The van der Waals surface area contributed by atoms with Gasteiger partial charge in [0.2, 0.25) is 11.8 Å². The average Bonchev–Trinajstić information content (AvgIpc) is 3.25. The molecule has 182 valence electrons. The Kier molecular flexibility index (Phi) is 7.14. The number of carbonyl (C=O) groups excluding carboxylic acids is 2. The third-order valence-corrected chi connectivity index (χ3v) is 7.91. The molecule has 2 amide bonds. The van der Waals surface area contributed by atoms with Gasteiger partial charge in [0.05, 0.1) is 10.6 Å². The van der Waals surface area contributed by atoms with Gasteiger partial charge in [0.25, 0.3) is 10.0 Å². The molecular formula is C26H26ClN3O4S. The van der Waals surface area contributed by atoms with E-state index in [1.54, 1.807) is 60.4 Å². The van der Waals surface area contributed by atoms with Crippen LogP contribution < -0.4 is 14.5 Å². The Morgan fingerprint density at radius 2 is 1.77 bits per heavy atom. The van der Waals surface area contributed by atoms with Crippen molar-refractivity contribution in [1.29, 1.82) is 0 Å². The highest BCUT2D eigenvalue weighted by molar-refractivity contribution is 7.92. The molecule has 1 aliphatic rings. The number of nitrogens with zero attached hydrogens (tertiary/aromatic N) is 2. The van der Waals surface area contributed by atoms with Crippen LogP contribution in [0.15, 0.2) is 71.6 Å². The van der Waals surface area contributed by atoms with Gasteiger partial charge >= 0.3 is 0 Å². The highest BCUT2D eigenvalue weighted by atomic mass is 35.5. The van der Waals surface area contributed by atoms with Gasteiger partial charge in [-0.3, -0.25) is 13.9 Å². The quantitative estimate of drug-likeness (QED) is 0.488. The Hall–Kier alpha value is -3.36. The molecule has 1 saturated heterocycles. The van der Waals surface area contributed by atoms with Crippen LogP contribution in [0.4, 0.5) is 17.1 Å². The fourth-order valence-electron chi connectivity index (χ4n) is 4.13. The van der Waals surface area contributed by atoms with Crippen molar-refractivity contribution in [2.45, 2.75) is 31.6 Å². The molecule has 0 atom stereocenters. The summed E-state index contributed by atoms with van der Waals surface area (Å²) >= 11 is 6.08. The van der Waals surface area contributed by atoms with Crippen LogP contribution in [-0.4, -0.2) is 33.3 Å². The maximum absolute atomic E-state index is 13.5. The zero-order valence-electron chi connectivity index (χ0n) is 19.5. The van der Waals surface area contributed by atoms with E-state index in [1.165, 1.54) is 12.1 Å². The zero-order chi connectivity index (χ0) is 25.2. The molecule has 0 radical (unpaired) electrons. The van der Waals surface area contributed by atoms with E-state index >= 15 is 0 Å². The first-order chi connectivity index (χ1) is 16.7. The van der Waals surface area contributed by atoms with Crippen molar-refractivity contribution in [3.05, 3.63) is 82.9 Å². The van der Waals surface area contributed by atoms with E-state index in [0.717, 1.165) is 22.0 Å². The van der Waals surface area contributed by atoms with Gasteiger partial charge in [0, 0.05) is 29.4 Å². The number of amides is 2. The zero-order valence-corrected chi connectivity index (χ0v) is 21.1. The van der Waals surface area contributed by atoms with Crippen LogP contribution in [0.25, 0.3) is 0 Å². The Morgan fingerprint density at radius 3 is 2.43 bits per heavy atom. The van der Waals surface area contributed by atoms with Crippen LogP contribution in [0.3, 0.4) is 0 Å². The molecule has 0 aromatic heterocycles. The highest BCUT2D eigenvalue weighted by Gasteiger charge is 2.29. The fourth-order valence-corrected chi connectivity index (χ4v) is 5.86. The summed E-state index contributed by atoms with van der Waals surface area (Å²) < 4.78 is 28.2. The first-order valence-electron chi connectivity index (χ1n) is 11.2. The number of hydrogen-bond acceptors (Lipinski definition) is 4. The molecule has 1 heterocycles. The first kappa shape index (κ1) is 24.8. The van der Waals surface area contributed by atoms with Crippen molar-refractivity contribution in [2.24, 2.45) is 0 Å². The van der Waals surface area contributed by atoms with Gasteiger partial charge in [-0.2, -0.15) is 0 Å². The molecule has 0 saturated carbocycles. The lowest BCUT2D eigenvalue weighted by molar-refractivity contribution is -0.117. The lowest BCUT2D eigenvalue weighted by Gasteiger charge is -2.26. The van der Waals surface area contributed by atoms with Crippen LogP contribution in [0, 0.1) is 13.8 Å². The number of nitrogens with one attached hydrogen (secondary N) is 1. The van der Waals surface area contributed by atoms with Gasteiger partial charge in [0.15, 0.2) is 0 Å². The second kappa shape index (κ2) is 10.1. The molecule has 1 aliphatic heterocycles. The summed E-state index contributed by atoms with van der Waals surface area (Å²) in [7, 11) is -4.04. The van der Waals surface area contributed by atoms with E-state index in [1.807, 2.05) is 13.0 Å². The third-order valence-electron chi connectivity index (χ3n) is 5.90. The predicted molar refractivity (Wildman–Crippen MR) is 139 cm³/mol. The minimum Gasteiger partial charge on any atom is -0.324 e. The summed E-state index contributed by atoms with van der Waals surface area (Å²) in [5, 5.41) is 3.26. The summed E-state index contributed by atoms with van der Waals surface area (Å²) in [6.07, 6.45) is 1.30. The summed E-state index contributed by atoms with van der Waals surface area (Å²) in [6.45, 7) is 3.84. The minimum atomic E-state index is -4.04. The number of halogens is 1. The topological polar surface area (TPSA) is 86.8 Å². The molecule has 3 aromatic rings. The predicted octanol–water partition coefficient (Wildman–Crippen LogP) is 4.92. The van der Waals surface area contributed by atoms with Crippen molar-refractivity contribution in [2.75, 3.05) is 27.6 Å². The second-order valence-corrected chi connectivity index (χ2v) is 10.8. The standard InChI is InChI=1S/C26H26ClN3O4S/c1-18-10-12-21(16-24(18)29-14-6-9-26(29)32)28-25(31)17-30(23-13-11-20(27)15-19(23)2)35(33,34)22-7-4-3-5-8-22/h3-5,7-8,10-13,15-16H,6,9,14,17H2,1-2H3,(H,28,31). The summed E-state index contributed by atoms with van der Waals surface area (Å²) in [5.74, 6) is -0.462. The summed E-state index contributed by atoms with van der Waals surface area (Å²) in [4.78, 5) is 27.1. The molecule has 0 unspecified atom stereocenters. The van der Waals surface area contributed by atoms with Gasteiger partial charge in [0.1, 0.15) is 6.54 Å². The van der Waals surface area contributed by atoms with Gasteiger partial charge in [-0.1, -0.05) is 35.9 Å². The SMILES string of the molecule is Cc1ccc(NC(=O)CN(c2ccc(Cl)cc2C)S(=O)(=O)c2ccccc2)cc1N1CCCC1=O. The van der Waals surface area contributed by atoms with E-state index < -0.39 is 22.5 Å². The average molecular weight is 512 g/mol. The number of hydrogen-bond donors (Lipinski definition) is 1. The molecular weight excluding hydrogens is 486 g/mol. The molecule has 4 rings (SSSR count). The van der Waals surface area contributed by atoms with Gasteiger partial charge in [-0.25, -0.2) is 8.42 Å².